The van der Waals surface area contributed by atoms with Crippen LogP contribution in [-0.4, -0.2) is 40.4 Å². The number of hydrazone groups is 1. The summed E-state index contributed by atoms with van der Waals surface area (Å²) >= 11 is 1.47. The molecule has 0 aliphatic carbocycles. The van der Waals surface area contributed by atoms with Gasteiger partial charge in [0.1, 0.15) is 12.3 Å². The molecule has 9 heteroatoms. The second-order valence-electron chi connectivity index (χ2n) is 4.75. The van der Waals surface area contributed by atoms with E-state index in [-0.39, 0.29) is 0 Å². The molecule has 0 fully saturated rings. The summed E-state index contributed by atoms with van der Waals surface area (Å²) < 4.78 is 30.2. The van der Waals surface area contributed by atoms with Crippen molar-refractivity contribution in [3.8, 4) is 5.75 Å². The Kier molecular flexibility index (Phi) is 5.93. The molecule has 0 bridgehead atoms. The Balaban J connectivity index is 2.13. The second kappa shape index (κ2) is 7.93. The summed E-state index contributed by atoms with van der Waals surface area (Å²) in [6, 6.07) is 10.3. The van der Waals surface area contributed by atoms with Crippen molar-refractivity contribution in [3.05, 3.63) is 46.7 Å². The summed E-state index contributed by atoms with van der Waals surface area (Å²) in [7, 11) is -2.24. The van der Waals surface area contributed by atoms with Gasteiger partial charge in [-0.15, -0.1) is 11.3 Å². The van der Waals surface area contributed by atoms with Crippen molar-refractivity contribution in [1.29, 1.82) is 0 Å². The van der Waals surface area contributed by atoms with E-state index in [9.17, 15) is 13.2 Å². The second-order valence-corrected chi connectivity index (χ2v) is 7.64. The van der Waals surface area contributed by atoms with Crippen LogP contribution in [0.1, 0.15) is 4.88 Å². The number of benzene rings is 1. The van der Waals surface area contributed by atoms with Crippen molar-refractivity contribution in [3.63, 3.8) is 0 Å². The number of ether oxygens (including phenoxy) is 1. The molecule has 128 valence electrons. The average Bonchev–Trinajstić information content (AvgIpc) is 3.05. The molecule has 0 aliphatic heterocycles. The molecule has 1 heterocycles. The van der Waals surface area contributed by atoms with E-state index in [0.29, 0.717) is 11.4 Å². The zero-order valence-corrected chi connectivity index (χ0v) is 14.8. The van der Waals surface area contributed by atoms with Gasteiger partial charge in [0.25, 0.3) is 5.91 Å². The maximum Gasteiger partial charge on any atom is 0.260 e. The van der Waals surface area contributed by atoms with Gasteiger partial charge >= 0.3 is 0 Å². The molecule has 0 radical (unpaired) electrons. The number of hydrogen-bond donors (Lipinski definition) is 1. The third kappa shape index (κ3) is 4.80. The first kappa shape index (κ1) is 18.0. The molecule has 2 aromatic rings. The number of carbonyl (C=O) groups is 1. The number of methoxy groups -OCH3 is 1. The molecule has 7 nitrogen and oxygen atoms in total. The predicted molar refractivity (Wildman–Crippen MR) is 95.2 cm³/mol. The summed E-state index contributed by atoms with van der Waals surface area (Å²) in [5, 5.41) is 5.70. The Hall–Kier alpha value is -2.39. The molecule has 0 atom stereocenters. The van der Waals surface area contributed by atoms with Crippen LogP contribution in [0.2, 0.25) is 0 Å². The lowest BCUT2D eigenvalue weighted by molar-refractivity contribution is -0.119. The Labute approximate surface area is 144 Å². The Bertz CT molecular complexity index is 817. The van der Waals surface area contributed by atoms with Gasteiger partial charge < -0.3 is 4.74 Å². The number of anilines is 1. The molecular formula is C15H17N3O4S2. The number of para-hydroxylation sites is 2. The molecule has 0 unspecified atom stereocenters. The first-order valence-corrected chi connectivity index (χ1v) is 9.61. The number of rotatable bonds is 7. The van der Waals surface area contributed by atoms with Crippen LogP contribution in [0.25, 0.3) is 0 Å². The van der Waals surface area contributed by atoms with Crippen LogP contribution in [0.4, 0.5) is 5.69 Å². The summed E-state index contributed by atoms with van der Waals surface area (Å²) in [5.41, 5.74) is 2.61. The van der Waals surface area contributed by atoms with Crippen LogP contribution in [0.5, 0.6) is 5.75 Å². The lowest BCUT2D eigenvalue weighted by atomic mass is 10.3. The van der Waals surface area contributed by atoms with Gasteiger partial charge in [-0.3, -0.25) is 9.10 Å². The van der Waals surface area contributed by atoms with Gasteiger partial charge in [-0.2, -0.15) is 5.10 Å². The van der Waals surface area contributed by atoms with E-state index in [1.165, 1.54) is 24.7 Å². The highest BCUT2D eigenvalue weighted by Crippen LogP contribution is 2.29. The van der Waals surface area contributed by atoms with Gasteiger partial charge in [-0.05, 0) is 23.6 Å². The first-order valence-electron chi connectivity index (χ1n) is 6.88. The number of amides is 1. The number of carbonyl (C=O) groups excluding carboxylic acids is 1. The fourth-order valence-corrected chi connectivity index (χ4v) is 3.36. The van der Waals surface area contributed by atoms with Crippen LogP contribution in [0, 0.1) is 0 Å². The van der Waals surface area contributed by atoms with Gasteiger partial charge in [-0.25, -0.2) is 13.8 Å². The van der Waals surface area contributed by atoms with Gasteiger partial charge in [0.2, 0.25) is 10.0 Å². The van der Waals surface area contributed by atoms with Crippen molar-refractivity contribution in [2.75, 3.05) is 24.2 Å². The lowest BCUT2D eigenvalue weighted by Crippen LogP contribution is -2.39. The molecule has 2 rings (SSSR count). The number of sulfonamides is 1. The van der Waals surface area contributed by atoms with Crippen molar-refractivity contribution in [2.24, 2.45) is 5.10 Å². The minimum Gasteiger partial charge on any atom is -0.495 e. The van der Waals surface area contributed by atoms with E-state index < -0.39 is 22.5 Å². The number of thiophene rings is 1. The van der Waals surface area contributed by atoms with E-state index in [4.69, 9.17) is 4.74 Å². The van der Waals surface area contributed by atoms with Crippen LogP contribution in [0.15, 0.2) is 46.9 Å². The van der Waals surface area contributed by atoms with E-state index in [2.05, 4.69) is 10.5 Å². The third-order valence-electron chi connectivity index (χ3n) is 2.97. The molecule has 24 heavy (non-hydrogen) atoms. The molecule has 1 N–H and O–H groups in total. The maximum absolute atomic E-state index is 12.0. The third-order valence-corrected chi connectivity index (χ3v) is 4.90. The average molecular weight is 367 g/mol. The summed E-state index contributed by atoms with van der Waals surface area (Å²) in [6.07, 6.45) is 2.53. The highest BCUT2D eigenvalue weighted by atomic mass is 32.2. The highest BCUT2D eigenvalue weighted by molar-refractivity contribution is 7.92. The fourth-order valence-electron chi connectivity index (χ4n) is 1.92. The normalized spacial score (nSPS) is 11.4. The fraction of sp³-hybridized carbons (Fsp3) is 0.200. The van der Waals surface area contributed by atoms with Crippen LogP contribution in [-0.2, 0) is 14.8 Å². The van der Waals surface area contributed by atoms with E-state index >= 15 is 0 Å². The number of hydrogen-bond acceptors (Lipinski definition) is 6. The molecule has 0 saturated heterocycles. The Morgan fingerprint density at radius 3 is 2.71 bits per heavy atom. The smallest absolute Gasteiger partial charge is 0.260 e. The quantitative estimate of drug-likeness (QED) is 0.596. The SMILES string of the molecule is COc1ccccc1N(CC(=O)N/N=C\c1cccs1)S(C)(=O)=O. The molecular weight excluding hydrogens is 350 g/mol. The minimum absolute atomic E-state index is 0.292. The van der Waals surface area contributed by atoms with Gasteiger partial charge in [0, 0.05) is 4.88 Å². The van der Waals surface area contributed by atoms with E-state index in [1.54, 1.807) is 24.3 Å². The molecule has 0 saturated carbocycles. The Morgan fingerprint density at radius 2 is 2.08 bits per heavy atom. The van der Waals surface area contributed by atoms with Crippen molar-refractivity contribution >= 4 is 39.2 Å². The first-order chi connectivity index (χ1) is 11.4. The van der Waals surface area contributed by atoms with Crippen molar-refractivity contribution in [1.82, 2.24) is 5.43 Å². The zero-order chi connectivity index (χ0) is 17.6. The molecule has 1 amide bonds. The summed E-state index contributed by atoms with van der Waals surface area (Å²) in [4.78, 5) is 12.9. The molecule has 1 aromatic heterocycles. The zero-order valence-electron chi connectivity index (χ0n) is 13.2. The van der Waals surface area contributed by atoms with Crippen LogP contribution >= 0.6 is 11.3 Å². The molecule has 1 aromatic carbocycles. The highest BCUT2D eigenvalue weighted by Gasteiger charge is 2.23. The minimum atomic E-state index is -3.67. The molecule has 0 spiro atoms. The lowest BCUT2D eigenvalue weighted by Gasteiger charge is -2.23. The van der Waals surface area contributed by atoms with Crippen molar-refractivity contribution in [2.45, 2.75) is 0 Å². The topological polar surface area (TPSA) is 88.1 Å². The Morgan fingerprint density at radius 1 is 1.33 bits per heavy atom. The summed E-state index contributed by atoms with van der Waals surface area (Å²) in [6.45, 7) is -0.402. The predicted octanol–water partition coefficient (Wildman–Crippen LogP) is 1.67. The molecule has 0 aliphatic rings. The number of nitrogens with zero attached hydrogens (tertiary/aromatic N) is 2. The largest absolute Gasteiger partial charge is 0.495 e. The monoisotopic (exact) mass is 367 g/mol. The maximum atomic E-state index is 12.0. The van der Waals surface area contributed by atoms with Gasteiger partial charge in [0.05, 0.1) is 25.3 Å². The van der Waals surface area contributed by atoms with E-state index in [0.717, 1.165) is 15.4 Å². The van der Waals surface area contributed by atoms with Gasteiger partial charge in [-0.1, -0.05) is 18.2 Å². The number of nitrogens with one attached hydrogen (secondary N) is 1. The standard InChI is InChI=1S/C15H17N3O4S2/c1-22-14-8-4-3-7-13(14)18(24(2,20)21)11-15(19)17-16-10-12-6-5-9-23-12/h3-10H,11H2,1-2H3,(H,17,19)/b16-10-. The van der Waals surface area contributed by atoms with Crippen LogP contribution in [0.3, 0.4) is 0 Å². The van der Waals surface area contributed by atoms with Gasteiger partial charge in [0.15, 0.2) is 0 Å². The van der Waals surface area contributed by atoms with Crippen molar-refractivity contribution < 1.29 is 17.9 Å². The summed E-state index contributed by atoms with van der Waals surface area (Å²) in [5.74, 6) is -0.197. The van der Waals surface area contributed by atoms with E-state index in [1.807, 2.05) is 17.5 Å². The van der Waals surface area contributed by atoms with Crippen LogP contribution < -0.4 is 14.5 Å².